The number of carbonyl (C=O) groups excluding carboxylic acids is 2. The third-order valence-corrected chi connectivity index (χ3v) is 14.3. The van der Waals surface area contributed by atoms with Gasteiger partial charge in [-0.3, -0.25) is 9.59 Å². The number of unbranched alkanes of at least 4 members (excludes halogenated alkanes) is 26. The van der Waals surface area contributed by atoms with E-state index in [4.69, 9.17) is 14.2 Å². The number of nitrogens with one attached hydrogen (secondary N) is 1. The summed E-state index contributed by atoms with van der Waals surface area (Å²) in [7, 11) is 0. The third-order valence-electron chi connectivity index (χ3n) is 14.3. The summed E-state index contributed by atoms with van der Waals surface area (Å²) in [6.07, 6.45) is 64.5. The number of rotatable bonds is 52. The smallest absolute Gasteiger partial charge is 0.306 e. The second-order valence-electron chi connectivity index (χ2n) is 21.5. The molecule has 0 radical (unpaired) electrons. The summed E-state index contributed by atoms with van der Waals surface area (Å²) in [5.41, 5.74) is 0. The van der Waals surface area contributed by atoms with Gasteiger partial charge in [0.1, 0.15) is 24.4 Å². The predicted octanol–water partition coefficient (Wildman–Crippen LogP) is 15.3. The first kappa shape index (κ1) is 73.3. The zero-order valence-electron chi connectivity index (χ0n) is 50.0. The lowest BCUT2D eigenvalue weighted by atomic mass is 9.99. The molecule has 79 heavy (non-hydrogen) atoms. The molecular weight excluding hydrogens is 991 g/mol. The van der Waals surface area contributed by atoms with Gasteiger partial charge < -0.3 is 45.1 Å². The number of allylic oxidation sites excluding steroid dienone is 17. The van der Waals surface area contributed by atoms with E-state index >= 15 is 0 Å². The van der Waals surface area contributed by atoms with Crippen molar-refractivity contribution < 1.29 is 49.3 Å². The average molecular weight is 1110 g/mol. The Morgan fingerprint density at radius 1 is 0.519 bits per heavy atom. The molecule has 0 saturated carbocycles. The number of aliphatic hydroxyl groups is 5. The van der Waals surface area contributed by atoms with Crippen LogP contribution < -0.4 is 5.32 Å². The van der Waals surface area contributed by atoms with Crippen LogP contribution in [-0.4, -0.2) is 99.6 Å². The van der Waals surface area contributed by atoms with Crippen LogP contribution in [0.15, 0.2) is 109 Å². The van der Waals surface area contributed by atoms with Crippen LogP contribution in [0.2, 0.25) is 0 Å². The van der Waals surface area contributed by atoms with Gasteiger partial charge in [-0.05, 0) is 77.0 Å². The van der Waals surface area contributed by atoms with Crippen LogP contribution >= 0.6 is 0 Å². The van der Waals surface area contributed by atoms with Crippen LogP contribution in [-0.2, 0) is 23.8 Å². The van der Waals surface area contributed by atoms with E-state index in [-0.39, 0.29) is 19.4 Å². The predicted molar refractivity (Wildman–Crippen MR) is 328 cm³/mol. The molecule has 1 aliphatic rings. The molecule has 0 aromatic rings. The number of carbonyl (C=O) groups is 2. The van der Waals surface area contributed by atoms with Crippen molar-refractivity contribution in [3.63, 3.8) is 0 Å². The molecule has 0 aromatic heterocycles. The van der Waals surface area contributed by atoms with Crippen LogP contribution in [0, 0.1) is 0 Å². The van der Waals surface area contributed by atoms with Gasteiger partial charge in [0.25, 0.3) is 0 Å². The summed E-state index contributed by atoms with van der Waals surface area (Å²) >= 11 is 0. The Kier molecular flexibility index (Phi) is 50.9. The van der Waals surface area contributed by atoms with Gasteiger partial charge >= 0.3 is 5.97 Å². The third kappa shape index (κ3) is 42.8. The second-order valence-corrected chi connectivity index (χ2v) is 21.5. The first-order chi connectivity index (χ1) is 38.7. The van der Waals surface area contributed by atoms with E-state index < -0.39 is 67.4 Å². The molecule has 6 N–H and O–H groups in total. The molecule has 1 fully saturated rings. The molecule has 1 amide bonds. The normalized spacial score (nSPS) is 19.6. The Morgan fingerprint density at radius 2 is 0.962 bits per heavy atom. The Labute approximate surface area is 481 Å². The highest BCUT2D eigenvalue weighted by atomic mass is 16.7. The number of esters is 1. The molecule has 8 unspecified atom stereocenters. The van der Waals surface area contributed by atoms with Gasteiger partial charge in [-0.25, -0.2) is 0 Å². The zero-order chi connectivity index (χ0) is 57.5. The summed E-state index contributed by atoms with van der Waals surface area (Å²) in [4.78, 5) is 26.5. The maximum absolute atomic E-state index is 13.3. The van der Waals surface area contributed by atoms with Crippen molar-refractivity contribution >= 4 is 11.9 Å². The van der Waals surface area contributed by atoms with Crippen molar-refractivity contribution in [2.45, 2.75) is 294 Å². The Morgan fingerprint density at radius 3 is 1.48 bits per heavy atom. The fourth-order valence-electron chi connectivity index (χ4n) is 9.27. The molecule has 11 heteroatoms. The summed E-state index contributed by atoms with van der Waals surface area (Å²) < 4.78 is 17.6. The lowest BCUT2D eigenvalue weighted by Gasteiger charge is -2.41. The fraction of sp³-hybridized carbons (Fsp3) is 0.706. The molecule has 1 rings (SSSR count). The lowest BCUT2D eigenvalue weighted by molar-refractivity contribution is -0.305. The molecule has 452 valence electrons. The van der Waals surface area contributed by atoms with Crippen LogP contribution in [0.5, 0.6) is 0 Å². The first-order valence-electron chi connectivity index (χ1n) is 31.7. The first-order valence-corrected chi connectivity index (χ1v) is 31.7. The van der Waals surface area contributed by atoms with E-state index in [1.807, 2.05) is 60.8 Å². The Balaban J connectivity index is 2.57. The Hall–Kier alpha value is -3.68. The average Bonchev–Trinajstić information content (AvgIpc) is 3.44. The van der Waals surface area contributed by atoms with Crippen molar-refractivity contribution in [3.05, 3.63) is 109 Å². The maximum atomic E-state index is 13.3. The largest absolute Gasteiger partial charge is 0.454 e. The van der Waals surface area contributed by atoms with Gasteiger partial charge in [0.05, 0.1) is 25.4 Å². The van der Waals surface area contributed by atoms with Gasteiger partial charge in [-0.2, -0.15) is 0 Å². The van der Waals surface area contributed by atoms with Gasteiger partial charge in [-0.1, -0.05) is 271 Å². The van der Waals surface area contributed by atoms with Gasteiger partial charge in [0, 0.05) is 6.42 Å². The molecule has 1 saturated heterocycles. The van der Waals surface area contributed by atoms with E-state index in [2.05, 4.69) is 68.6 Å². The highest BCUT2D eigenvalue weighted by Gasteiger charge is 2.47. The van der Waals surface area contributed by atoms with Crippen molar-refractivity contribution in [1.82, 2.24) is 5.32 Å². The van der Waals surface area contributed by atoms with E-state index in [1.165, 1.54) is 135 Å². The van der Waals surface area contributed by atoms with Gasteiger partial charge in [-0.15, -0.1) is 0 Å². The van der Waals surface area contributed by atoms with Crippen molar-refractivity contribution in [1.29, 1.82) is 0 Å². The second kappa shape index (κ2) is 54.9. The highest BCUT2D eigenvalue weighted by molar-refractivity contribution is 5.80. The number of amides is 1. The molecule has 0 aliphatic carbocycles. The molecule has 1 aliphatic heterocycles. The minimum atomic E-state index is -1.63. The highest BCUT2D eigenvalue weighted by Crippen LogP contribution is 2.26. The number of hydrogen-bond acceptors (Lipinski definition) is 10. The molecule has 8 atom stereocenters. The number of hydrogen-bond donors (Lipinski definition) is 6. The summed E-state index contributed by atoms with van der Waals surface area (Å²) in [5.74, 6) is -1.28. The molecule has 11 nitrogen and oxygen atoms in total. The van der Waals surface area contributed by atoms with Crippen molar-refractivity contribution in [2.75, 3.05) is 13.2 Å². The van der Waals surface area contributed by atoms with E-state index in [9.17, 15) is 35.1 Å². The summed E-state index contributed by atoms with van der Waals surface area (Å²) in [5, 5.41) is 56.8. The Bertz CT molecular complexity index is 1700. The van der Waals surface area contributed by atoms with Gasteiger partial charge in [0.2, 0.25) is 5.91 Å². The van der Waals surface area contributed by atoms with E-state index in [0.717, 1.165) is 64.2 Å². The van der Waals surface area contributed by atoms with Crippen LogP contribution in [0.1, 0.15) is 245 Å². The fourth-order valence-corrected chi connectivity index (χ4v) is 9.27. The molecule has 0 bridgehead atoms. The zero-order valence-corrected chi connectivity index (χ0v) is 50.0. The SMILES string of the molecule is CC/C=C/C=C/C=C\C=C/C=C/CCC(O)C(=O)NC(COC1OC(CO)C(O)C(O)C1OC(=O)CCCCCCCCCCCCCCCC/C=C\C/C=C\C/C=C\CCCCC)C(O)/C=C/CCCCCCCCCCC. The summed E-state index contributed by atoms with van der Waals surface area (Å²) in [6, 6.07) is -1.07. The topological polar surface area (TPSA) is 175 Å². The van der Waals surface area contributed by atoms with Crippen LogP contribution in [0.25, 0.3) is 0 Å². The number of ether oxygens (including phenoxy) is 3. The minimum absolute atomic E-state index is 0.109. The van der Waals surface area contributed by atoms with Gasteiger partial charge in [0.15, 0.2) is 12.4 Å². The minimum Gasteiger partial charge on any atom is -0.454 e. The molecule has 1 heterocycles. The van der Waals surface area contributed by atoms with Crippen LogP contribution in [0.4, 0.5) is 0 Å². The monoisotopic (exact) mass is 1110 g/mol. The van der Waals surface area contributed by atoms with Crippen LogP contribution in [0.3, 0.4) is 0 Å². The van der Waals surface area contributed by atoms with E-state index in [0.29, 0.717) is 12.8 Å². The van der Waals surface area contributed by atoms with Crippen molar-refractivity contribution in [2.24, 2.45) is 0 Å². The molecular formula is C68H115NO10. The quantitative estimate of drug-likeness (QED) is 0.0149. The maximum Gasteiger partial charge on any atom is 0.306 e. The van der Waals surface area contributed by atoms with E-state index in [1.54, 1.807) is 6.08 Å². The summed E-state index contributed by atoms with van der Waals surface area (Å²) in [6.45, 7) is 5.55. The number of aliphatic hydroxyl groups excluding tert-OH is 5. The standard InChI is InChI=1S/C68H115NO10/c1-4-7-10-13-16-19-22-24-25-26-27-28-29-30-31-32-33-34-35-36-37-38-41-44-47-50-53-56-63(73)79-66-65(75)64(74)62(57-70)78-68(66)77-58-59(60(71)54-51-48-45-42-39-21-18-15-12-9-6-3)69-67(76)61(72)55-52-49-46-43-40-23-20-17-14-11-8-5-2/h8,11,14,16-17,19-20,23-25,27-28,40,43,46,49,51,54,59-62,64-66,68,70-72,74-75H,4-7,9-10,12-13,15,18,21-22,26,29-39,41-42,44-45,47-48,50,52-53,55-58H2,1-3H3,(H,69,76)/b11-8+,17-14+,19-16-,23-20-,25-24-,28-27-,43-40-,49-46+,54-51+. The molecule has 0 spiro atoms. The van der Waals surface area contributed by atoms with Crippen molar-refractivity contribution in [3.8, 4) is 0 Å². The lowest BCUT2D eigenvalue weighted by Crippen LogP contribution is -2.61. The molecule has 0 aromatic carbocycles.